The maximum absolute atomic E-state index is 11.8. The summed E-state index contributed by atoms with van der Waals surface area (Å²) >= 11 is 0. The van der Waals surface area contributed by atoms with Gasteiger partial charge in [-0.25, -0.2) is 0 Å². The van der Waals surface area contributed by atoms with E-state index in [-0.39, 0.29) is 12.5 Å². The number of benzene rings is 1. The van der Waals surface area contributed by atoms with Gasteiger partial charge in [0.2, 0.25) is 0 Å². The minimum absolute atomic E-state index is 0.147. The van der Waals surface area contributed by atoms with Gasteiger partial charge in [-0.15, -0.1) is 0 Å². The Balaban J connectivity index is 1.93. The highest BCUT2D eigenvalue weighted by atomic mass is 16.5. The third-order valence-corrected chi connectivity index (χ3v) is 3.44. The predicted octanol–water partition coefficient (Wildman–Crippen LogP) is 0.759. The van der Waals surface area contributed by atoms with Crippen LogP contribution in [0.5, 0.6) is 0 Å². The van der Waals surface area contributed by atoms with E-state index in [1.54, 1.807) is 12.1 Å². The Morgan fingerprint density at radius 1 is 1.19 bits per heavy atom. The van der Waals surface area contributed by atoms with Gasteiger partial charge in [0, 0.05) is 37.2 Å². The van der Waals surface area contributed by atoms with Crippen LogP contribution in [0.3, 0.4) is 0 Å². The first-order chi connectivity index (χ1) is 10.1. The standard InChI is InChI=1S/C15H18N2O4/c1-21-14(19)10-16-15(20)11-2-4-12(5-3-11)17-8-6-13(18)7-9-17/h2-5H,6-10H2,1H3,(H,16,20). The fourth-order valence-electron chi connectivity index (χ4n) is 2.16. The molecule has 1 saturated heterocycles. The number of nitrogens with one attached hydrogen (secondary N) is 1. The molecule has 1 amide bonds. The van der Waals surface area contributed by atoms with Gasteiger partial charge in [-0.3, -0.25) is 14.4 Å². The third-order valence-electron chi connectivity index (χ3n) is 3.44. The highest BCUT2D eigenvalue weighted by molar-refractivity contribution is 5.96. The normalized spacial score (nSPS) is 14.7. The average Bonchev–Trinajstić information content (AvgIpc) is 2.53. The summed E-state index contributed by atoms with van der Waals surface area (Å²) < 4.78 is 4.46. The number of carbonyl (C=O) groups is 3. The Hall–Kier alpha value is -2.37. The zero-order valence-corrected chi connectivity index (χ0v) is 11.9. The van der Waals surface area contributed by atoms with Gasteiger partial charge in [-0.1, -0.05) is 0 Å². The Labute approximate surface area is 123 Å². The van der Waals surface area contributed by atoms with Crippen LogP contribution in [0.2, 0.25) is 0 Å². The monoisotopic (exact) mass is 290 g/mol. The number of amides is 1. The molecular weight excluding hydrogens is 272 g/mol. The predicted molar refractivity (Wildman–Crippen MR) is 77.2 cm³/mol. The van der Waals surface area contributed by atoms with Crippen molar-refractivity contribution in [3.8, 4) is 0 Å². The van der Waals surface area contributed by atoms with Crippen molar-refractivity contribution in [2.45, 2.75) is 12.8 Å². The molecule has 1 N–H and O–H groups in total. The largest absolute Gasteiger partial charge is 0.468 e. The van der Waals surface area contributed by atoms with E-state index in [0.29, 0.717) is 37.3 Å². The van der Waals surface area contributed by atoms with Crippen LogP contribution < -0.4 is 10.2 Å². The number of ketones is 1. The molecule has 0 saturated carbocycles. The maximum atomic E-state index is 11.8. The summed E-state index contributed by atoms with van der Waals surface area (Å²) in [6.07, 6.45) is 1.14. The van der Waals surface area contributed by atoms with E-state index in [0.717, 1.165) is 5.69 Å². The lowest BCUT2D eigenvalue weighted by Gasteiger charge is -2.28. The molecule has 1 aliphatic rings. The molecule has 112 valence electrons. The van der Waals surface area contributed by atoms with Crippen LogP contribution in [0, 0.1) is 0 Å². The van der Waals surface area contributed by atoms with Gasteiger partial charge < -0.3 is 15.0 Å². The molecule has 0 radical (unpaired) electrons. The number of esters is 1. The molecule has 0 aromatic heterocycles. The number of methoxy groups -OCH3 is 1. The number of rotatable bonds is 4. The minimum atomic E-state index is -0.488. The van der Waals surface area contributed by atoms with Crippen molar-refractivity contribution in [1.29, 1.82) is 0 Å². The number of anilines is 1. The number of piperidine rings is 1. The molecule has 0 spiro atoms. The summed E-state index contributed by atoms with van der Waals surface area (Å²) in [7, 11) is 1.27. The van der Waals surface area contributed by atoms with Gasteiger partial charge in [-0.2, -0.15) is 0 Å². The van der Waals surface area contributed by atoms with Crippen LogP contribution >= 0.6 is 0 Å². The Morgan fingerprint density at radius 3 is 2.38 bits per heavy atom. The SMILES string of the molecule is COC(=O)CNC(=O)c1ccc(N2CCC(=O)CC2)cc1. The molecule has 1 aromatic rings. The molecule has 2 rings (SSSR count). The molecule has 1 aliphatic heterocycles. The minimum Gasteiger partial charge on any atom is -0.468 e. The van der Waals surface area contributed by atoms with Crippen LogP contribution in [0.15, 0.2) is 24.3 Å². The lowest BCUT2D eigenvalue weighted by Crippen LogP contribution is -2.33. The second kappa shape index (κ2) is 6.88. The van der Waals surface area contributed by atoms with E-state index in [9.17, 15) is 14.4 Å². The average molecular weight is 290 g/mol. The summed E-state index contributed by atoms with van der Waals surface area (Å²) in [5.74, 6) is -0.510. The van der Waals surface area contributed by atoms with E-state index in [1.807, 2.05) is 12.1 Å². The topological polar surface area (TPSA) is 75.7 Å². The van der Waals surface area contributed by atoms with Crippen molar-refractivity contribution < 1.29 is 19.1 Å². The maximum Gasteiger partial charge on any atom is 0.325 e. The molecule has 0 atom stereocenters. The van der Waals surface area contributed by atoms with Gasteiger partial charge in [0.05, 0.1) is 7.11 Å². The first-order valence-corrected chi connectivity index (χ1v) is 6.82. The quantitative estimate of drug-likeness (QED) is 0.829. The zero-order valence-electron chi connectivity index (χ0n) is 11.9. The van der Waals surface area contributed by atoms with E-state index in [4.69, 9.17) is 0 Å². The summed E-state index contributed by atoms with van der Waals surface area (Å²) in [6.45, 7) is 1.28. The lowest BCUT2D eigenvalue weighted by molar-refractivity contribution is -0.139. The van der Waals surface area contributed by atoms with E-state index >= 15 is 0 Å². The summed E-state index contributed by atoms with van der Waals surface area (Å²) in [5.41, 5.74) is 1.47. The van der Waals surface area contributed by atoms with Crippen LogP contribution in [0.4, 0.5) is 5.69 Å². The van der Waals surface area contributed by atoms with Crippen molar-refractivity contribution in [2.24, 2.45) is 0 Å². The van der Waals surface area contributed by atoms with Gasteiger partial charge in [0.25, 0.3) is 5.91 Å². The van der Waals surface area contributed by atoms with Gasteiger partial charge in [0.1, 0.15) is 12.3 Å². The molecule has 21 heavy (non-hydrogen) atoms. The first kappa shape index (κ1) is 15.0. The fourth-order valence-corrected chi connectivity index (χ4v) is 2.16. The van der Waals surface area contributed by atoms with Crippen molar-refractivity contribution in [3.05, 3.63) is 29.8 Å². The second-order valence-corrected chi connectivity index (χ2v) is 4.83. The first-order valence-electron chi connectivity index (χ1n) is 6.82. The zero-order chi connectivity index (χ0) is 15.2. The van der Waals surface area contributed by atoms with Crippen molar-refractivity contribution in [2.75, 3.05) is 31.6 Å². The van der Waals surface area contributed by atoms with Crippen molar-refractivity contribution in [3.63, 3.8) is 0 Å². The van der Waals surface area contributed by atoms with Crippen molar-refractivity contribution in [1.82, 2.24) is 5.32 Å². The molecule has 0 aliphatic carbocycles. The number of hydrogen-bond donors (Lipinski definition) is 1. The lowest BCUT2D eigenvalue weighted by atomic mass is 10.1. The second-order valence-electron chi connectivity index (χ2n) is 4.83. The van der Waals surface area contributed by atoms with Gasteiger partial charge >= 0.3 is 5.97 Å². The molecule has 0 bridgehead atoms. The Kier molecular flexibility index (Phi) is 4.92. The highest BCUT2D eigenvalue weighted by Gasteiger charge is 2.16. The van der Waals surface area contributed by atoms with Crippen LogP contribution in [0.1, 0.15) is 23.2 Å². The molecule has 0 unspecified atom stereocenters. The molecule has 6 heteroatoms. The highest BCUT2D eigenvalue weighted by Crippen LogP contribution is 2.19. The number of ether oxygens (including phenoxy) is 1. The Morgan fingerprint density at radius 2 is 1.81 bits per heavy atom. The van der Waals surface area contributed by atoms with Crippen LogP contribution in [-0.4, -0.2) is 44.4 Å². The van der Waals surface area contributed by atoms with Crippen LogP contribution in [0.25, 0.3) is 0 Å². The molecular formula is C15H18N2O4. The summed E-state index contributed by atoms with van der Waals surface area (Å²) in [6, 6.07) is 7.11. The smallest absolute Gasteiger partial charge is 0.325 e. The third kappa shape index (κ3) is 4.05. The van der Waals surface area contributed by atoms with Crippen LogP contribution in [-0.2, 0) is 14.3 Å². The summed E-state index contributed by atoms with van der Waals surface area (Å²) in [4.78, 5) is 36.1. The Bertz CT molecular complexity index is 529. The number of nitrogens with zero attached hydrogens (tertiary/aromatic N) is 1. The number of carbonyl (C=O) groups excluding carboxylic acids is 3. The molecule has 1 heterocycles. The number of Topliss-reactive ketones (excluding diaryl/α,β-unsaturated/α-hetero) is 1. The molecule has 6 nitrogen and oxygen atoms in total. The fraction of sp³-hybridized carbons (Fsp3) is 0.400. The van der Waals surface area contributed by atoms with Crippen molar-refractivity contribution >= 4 is 23.3 Å². The van der Waals surface area contributed by atoms with Gasteiger partial charge in [0.15, 0.2) is 0 Å². The van der Waals surface area contributed by atoms with Gasteiger partial charge in [-0.05, 0) is 24.3 Å². The molecule has 1 fully saturated rings. The van der Waals surface area contributed by atoms with E-state index in [1.165, 1.54) is 7.11 Å². The summed E-state index contributed by atoms with van der Waals surface area (Å²) in [5, 5.41) is 2.48. The van der Waals surface area contributed by atoms with E-state index in [2.05, 4.69) is 15.0 Å². The number of hydrogen-bond acceptors (Lipinski definition) is 5. The van der Waals surface area contributed by atoms with E-state index < -0.39 is 5.97 Å². The molecule has 1 aromatic carbocycles.